The molecule has 0 saturated heterocycles. The van der Waals surface area contributed by atoms with Crippen molar-refractivity contribution in [2.75, 3.05) is 13.6 Å². The summed E-state index contributed by atoms with van der Waals surface area (Å²) in [6.07, 6.45) is 0.936. The van der Waals surface area contributed by atoms with Crippen molar-refractivity contribution in [1.82, 2.24) is 4.90 Å². The van der Waals surface area contributed by atoms with Gasteiger partial charge in [0.15, 0.2) is 0 Å². The third-order valence-corrected chi connectivity index (χ3v) is 3.40. The van der Waals surface area contributed by atoms with Gasteiger partial charge in [-0.05, 0) is 38.4 Å². The van der Waals surface area contributed by atoms with E-state index < -0.39 is 5.60 Å². The molecule has 1 aromatic rings. The lowest BCUT2D eigenvalue weighted by Crippen LogP contribution is -2.38. The first-order valence-electron chi connectivity index (χ1n) is 6.15. The predicted octanol–water partition coefficient (Wildman–Crippen LogP) is 1.83. The third kappa shape index (κ3) is 2.68. The topological polar surface area (TPSA) is 49.5 Å². The van der Waals surface area contributed by atoms with Gasteiger partial charge in [0.2, 0.25) is 0 Å². The normalized spacial score (nSPS) is 24.1. The monoisotopic (exact) mass is 234 g/mol. The van der Waals surface area contributed by atoms with Gasteiger partial charge in [-0.25, -0.2) is 0 Å². The molecule has 0 heterocycles. The Balaban J connectivity index is 2.20. The van der Waals surface area contributed by atoms with E-state index in [0.717, 1.165) is 6.42 Å². The van der Waals surface area contributed by atoms with Crippen molar-refractivity contribution < 1.29 is 5.11 Å². The molecule has 17 heavy (non-hydrogen) atoms. The smallest absolute Gasteiger partial charge is 0.0718 e. The second-order valence-corrected chi connectivity index (χ2v) is 5.71. The maximum absolute atomic E-state index is 9.89. The molecule has 0 aromatic heterocycles. The van der Waals surface area contributed by atoms with Crippen molar-refractivity contribution in [2.24, 2.45) is 5.73 Å². The minimum Gasteiger partial charge on any atom is -0.389 e. The van der Waals surface area contributed by atoms with Crippen LogP contribution in [0.25, 0.3) is 0 Å². The number of likely N-dealkylation sites (N-methyl/N-ethyl adjacent to an activating group) is 1. The molecular weight excluding hydrogens is 212 g/mol. The van der Waals surface area contributed by atoms with Crippen LogP contribution in [0.1, 0.15) is 43.5 Å². The Kier molecular flexibility index (Phi) is 3.25. The maximum atomic E-state index is 9.89. The summed E-state index contributed by atoms with van der Waals surface area (Å²) in [5, 5.41) is 9.89. The van der Waals surface area contributed by atoms with Gasteiger partial charge >= 0.3 is 0 Å². The highest BCUT2D eigenvalue weighted by Gasteiger charge is 2.32. The van der Waals surface area contributed by atoms with E-state index in [2.05, 4.69) is 30.1 Å². The highest BCUT2D eigenvalue weighted by molar-refractivity contribution is 5.37. The third-order valence-electron chi connectivity index (χ3n) is 3.40. The lowest BCUT2D eigenvalue weighted by molar-refractivity contribution is 0.0304. The Morgan fingerprint density at radius 3 is 2.53 bits per heavy atom. The second-order valence-electron chi connectivity index (χ2n) is 5.71. The minimum atomic E-state index is -0.670. The Hall–Kier alpha value is -0.900. The molecule has 0 spiro atoms. The van der Waals surface area contributed by atoms with E-state index in [9.17, 15) is 5.11 Å². The van der Waals surface area contributed by atoms with E-state index in [1.54, 1.807) is 0 Å². The Morgan fingerprint density at radius 2 is 1.94 bits per heavy atom. The molecule has 0 saturated carbocycles. The van der Waals surface area contributed by atoms with E-state index >= 15 is 0 Å². The molecule has 1 aliphatic carbocycles. The van der Waals surface area contributed by atoms with Crippen LogP contribution in [0.2, 0.25) is 0 Å². The van der Waals surface area contributed by atoms with E-state index in [4.69, 9.17) is 5.73 Å². The van der Waals surface area contributed by atoms with E-state index in [1.807, 2.05) is 19.9 Å². The average molecular weight is 234 g/mol. The number of nitrogens with zero attached hydrogens (tertiary/aromatic N) is 1. The quantitative estimate of drug-likeness (QED) is 0.839. The Labute approximate surface area is 103 Å². The molecule has 0 aliphatic heterocycles. The molecule has 94 valence electrons. The fraction of sp³-hybridized carbons (Fsp3) is 0.571. The van der Waals surface area contributed by atoms with Gasteiger partial charge in [-0.15, -0.1) is 0 Å². The molecular formula is C14H22N2O. The number of aliphatic hydroxyl groups is 1. The molecule has 0 amide bonds. The minimum absolute atomic E-state index is 0.125. The largest absolute Gasteiger partial charge is 0.389 e. The van der Waals surface area contributed by atoms with Crippen LogP contribution in [0.15, 0.2) is 24.3 Å². The zero-order chi connectivity index (χ0) is 12.6. The molecule has 1 aromatic carbocycles. The number of fused-ring (bicyclic) bond motifs is 1. The molecule has 3 N–H and O–H groups in total. The Morgan fingerprint density at radius 1 is 1.35 bits per heavy atom. The van der Waals surface area contributed by atoms with Gasteiger partial charge in [-0.3, -0.25) is 4.90 Å². The summed E-state index contributed by atoms with van der Waals surface area (Å²) in [6, 6.07) is 8.80. The first kappa shape index (κ1) is 12.6. The molecule has 1 aliphatic rings. The molecule has 3 nitrogen and oxygen atoms in total. The SMILES string of the molecule is CN(CC(C)(C)O)C1CC(N)c2ccccc21. The zero-order valence-electron chi connectivity index (χ0n) is 10.9. The summed E-state index contributed by atoms with van der Waals surface area (Å²) in [6.45, 7) is 4.33. The summed E-state index contributed by atoms with van der Waals surface area (Å²) in [4.78, 5) is 2.20. The van der Waals surface area contributed by atoms with Crippen molar-refractivity contribution >= 4 is 0 Å². The molecule has 2 rings (SSSR count). The number of nitrogens with two attached hydrogens (primary N) is 1. The first-order valence-corrected chi connectivity index (χ1v) is 6.15. The van der Waals surface area contributed by atoms with Crippen molar-refractivity contribution in [3.63, 3.8) is 0 Å². The summed E-state index contributed by atoms with van der Waals surface area (Å²) in [5.41, 5.74) is 8.04. The van der Waals surface area contributed by atoms with E-state index in [-0.39, 0.29) is 6.04 Å². The van der Waals surface area contributed by atoms with Crippen molar-refractivity contribution in [2.45, 2.75) is 38.0 Å². The summed E-state index contributed by atoms with van der Waals surface area (Å²) < 4.78 is 0. The highest BCUT2D eigenvalue weighted by Crippen LogP contribution is 2.40. The Bertz CT molecular complexity index is 397. The summed E-state index contributed by atoms with van der Waals surface area (Å²) in [5.74, 6) is 0. The van der Waals surface area contributed by atoms with Crippen LogP contribution >= 0.6 is 0 Å². The first-order chi connectivity index (χ1) is 7.88. The standard InChI is InChI=1S/C14H22N2O/c1-14(2,17)9-16(3)13-8-12(15)10-6-4-5-7-11(10)13/h4-7,12-13,17H,8-9,15H2,1-3H3. The van der Waals surface area contributed by atoms with Crippen LogP contribution < -0.4 is 5.73 Å². The number of benzene rings is 1. The zero-order valence-corrected chi connectivity index (χ0v) is 10.9. The van der Waals surface area contributed by atoms with Gasteiger partial charge in [0.25, 0.3) is 0 Å². The van der Waals surface area contributed by atoms with Crippen LogP contribution in [0, 0.1) is 0 Å². The van der Waals surface area contributed by atoms with Gasteiger partial charge in [-0.1, -0.05) is 24.3 Å². The van der Waals surface area contributed by atoms with Crippen molar-refractivity contribution in [3.05, 3.63) is 35.4 Å². The molecule has 2 unspecified atom stereocenters. The highest BCUT2D eigenvalue weighted by atomic mass is 16.3. The average Bonchev–Trinajstić information content (AvgIpc) is 2.55. The van der Waals surface area contributed by atoms with Gasteiger partial charge in [0.1, 0.15) is 0 Å². The maximum Gasteiger partial charge on any atom is 0.0718 e. The molecule has 0 radical (unpaired) electrons. The van der Waals surface area contributed by atoms with Crippen LogP contribution in [-0.4, -0.2) is 29.2 Å². The predicted molar refractivity (Wildman–Crippen MR) is 69.7 cm³/mol. The number of rotatable bonds is 3. The molecule has 0 fully saturated rings. The van der Waals surface area contributed by atoms with Crippen LogP contribution in [0.5, 0.6) is 0 Å². The van der Waals surface area contributed by atoms with Crippen LogP contribution in [-0.2, 0) is 0 Å². The molecule has 2 atom stereocenters. The second kappa shape index (κ2) is 4.41. The lowest BCUT2D eigenvalue weighted by atomic mass is 10.0. The fourth-order valence-electron chi connectivity index (χ4n) is 2.78. The van der Waals surface area contributed by atoms with E-state index in [0.29, 0.717) is 12.6 Å². The van der Waals surface area contributed by atoms with Crippen molar-refractivity contribution in [1.29, 1.82) is 0 Å². The van der Waals surface area contributed by atoms with Crippen molar-refractivity contribution in [3.8, 4) is 0 Å². The van der Waals surface area contributed by atoms with Gasteiger partial charge in [0.05, 0.1) is 5.60 Å². The summed E-state index contributed by atoms with van der Waals surface area (Å²) >= 11 is 0. The van der Waals surface area contributed by atoms with Crippen LogP contribution in [0.4, 0.5) is 0 Å². The molecule has 3 heteroatoms. The molecule has 0 bridgehead atoms. The van der Waals surface area contributed by atoms with Gasteiger partial charge < -0.3 is 10.8 Å². The van der Waals surface area contributed by atoms with Crippen LogP contribution in [0.3, 0.4) is 0 Å². The lowest BCUT2D eigenvalue weighted by Gasteiger charge is -2.31. The van der Waals surface area contributed by atoms with E-state index in [1.165, 1.54) is 11.1 Å². The number of hydrogen-bond acceptors (Lipinski definition) is 3. The number of hydrogen-bond donors (Lipinski definition) is 2. The fourth-order valence-corrected chi connectivity index (χ4v) is 2.78. The van der Waals surface area contributed by atoms with Gasteiger partial charge in [0, 0.05) is 18.6 Å². The summed E-state index contributed by atoms with van der Waals surface area (Å²) in [7, 11) is 2.05. The van der Waals surface area contributed by atoms with Gasteiger partial charge in [-0.2, -0.15) is 0 Å².